The molecule has 48 heavy (non-hydrogen) atoms. The lowest BCUT2D eigenvalue weighted by molar-refractivity contribution is -0.303. The first kappa shape index (κ1) is 41.8. The maximum absolute atomic E-state index is 12.2. The molecule has 0 heterocycles. The van der Waals surface area contributed by atoms with Crippen molar-refractivity contribution in [2.75, 3.05) is 0 Å². The van der Waals surface area contributed by atoms with E-state index in [0.29, 0.717) is 17.8 Å². The third kappa shape index (κ3) is 16.8. The Morgan fingerprint density at radius 2 is 1.21 bits per heavy atom. The molecule has 2 saturated carbocycles. The van der Waals surface area contributed by atoms with Gasteiger partial charge in [0.25, 0.3) is 0 Å². The van der Waals surface area contributed by atoms with E-state index < -0.39 is 18.5 Å². The molecule has 1 aromatic rings. The zero-order valence-electron chi connectivity index (χ0n) is 30.1. The predicted octanol–water partition coefficient (Wildman–Crippen LogP) is 14.0. The van der Waals surface area contributed by atoms with E-state index in [9.17, 15) is 26.3 Å². The smallest absolute Gasteiger partial charge is 0.406 e. The van der Waals surface area contributed by atoms with Crippen LogP contribution in [0, 0.1) is 41.4 Å². The Labute approximate surface area is 286 Å². The standard InChI is InChI=1S/C20H27F3O.C20H33F3O/c1-14-2-4-15(5-3-14)16-6-8-17(9-7-16)18-10-12-19(13-11-18)24-20(21,22)23;1-14(2)8-9-15(3)16(4)10-11-17(5)18(6)12-13-19(7)24-20(21,22)23/h10-17H,2-9H2,1H3;12-17H,6-11H2,1-5H3/b;13-12-. The summed E-state index contributed by atoms with van der Waals surface area (Å²) in [5.41, 5.74) is 1.95. The second-order valence-electron chi connectivity index (χ2n) is 15.1. The van der Waals surface area contributed by atoms with Crippen molar-refractivity contribution in [2.45, 2.75) is 137 Å². The lowest BCUT2D eigenvalue weighted by atomic mass is 9.68. The van der Waals surface area contributed by atoms with Gasteiger partial charge >= 0.3 is 12.7 Å². The molecular weight excluding hydrogens is 626 g/mol. The zero-order chi connectivity index (χ0) is 36.1. The summed E-state index contributed by atoms with van der Waals surface area (Å²) in [6.07, 6.45) is 8.42. The van der Waals surface area contributed by atoms with Gasteiger partial charge in [0.15, 0.2) is 0 Å². The van der Waals surface area contributed by atoms with Crippen LogP contribution in [0.25, 0.3) is 0 Å². The number of benzene rings is 1. The Hall–Kier alpha value is -2.38. The Morgan fingerprint density at radius 3 is 1.69 bits per heavy atom. The van der Waals surface area contributed by atoms with Crippen LogP contribution in [0.5, 0.6) is 5.75 Å². The van der Waals surface area contributed by atoms with Gasteiger partial charge < -0.3 is 9.47 Å². The lowest BCUT2D eigenvalue weighted by Gasteiger charge is -2.37. The summed E-state index contributed by atoms with van der Waals surface area (Å²) < 4.78 is 80.5. The van der Waals surface area contributed by atoms with Crippen molar-refractivity contribution in [2.24, 2.45) is 41.4 Å². The van der Waals surface area contributed by atoms with Gasteiger partial charge in [0.05, 0.1) is 0 Å². The maximum Gasteiger partial charge on any atom is 0.573 e. The zero-order valence-corrected chi connectivity index (χ0v) is 30.1. The third-order valence-electron chi connectivity index (χ3n) is 10.7. The van der Waals surface area contributed by atoms with Crippen molar-refractivity contribution in [1.29, 1.82) is 0 Å². The van der Waals surface area contributed by atoms with Crippen molar-refractivity contribution in [3.8, 4) is 5.75 Å². The summed E-state index contributed by atoms with van der Waals surface area (Å²) in [7, 11) is 0. The van der Waals surface area contributed by atoms with Crippen molar-refractivity contribution < 1.29 is 35.8 Å². The van der Waals surface area contributed by atoms with E-state index in [4.69, 9.17) is 0 Å². The van der Waals surface area contributed by atoms with Crippen LogP contribution in [0.1, 0.15) is 130 Å². The van der Waals surface area contributed by atoms with Crippen LogP contribution < -0.4 is 4.74 Å². The molecule has 1 aromatic carbocycles. The molecule has 0 saturated heterocycles. The number of hydrogen-bond donors (Lipinski definition) is 0. The third-order valence-corrected chi connectivity index (χ3v) is 10.7. The molecule has 0 aliphatic heterocycles. The first-order chi connectivity index (χ1) is 22.3. The Kier molecular flexibility index (Phi) is 17.2. The SMILES string of the molecule is C=C(/C=C\C(=C)C(C)CCC(C)C(C)CCC(C)C)OC(F)(F)F.CC1CCC(C2CCC(c3ccc(OC(F)(F)F)cc3)CC2)CC1. The van der Waals surface area contributed by atoms with E-state index in [-0.39, 0.29) is 11.7 Å². The molecule has 0 aromatic heterocycles. The van der Waals surface area contributed by atoms with Gasteiger partial charge in [-0.05, 0) is 122 Å². The van der Waals surface area contributed by atoms with Crippen LogP contribution in [0.2, 0.25) is 0 Å². The summed E-state index contributed by atoms with van der Waals surface area (Å²) in [6.45, 7) is 20.6. The summed E-state index contributed by atoms with van der Waals surface area (Å²) in [5.74, 6) is 4.87. The van der Waals surface area contributed by atoms with Crippen LogP contribution in [-0.4, -0.2) is 12.7 Å². The van der Waals surface area contributed by atoms with Crippen molar-refractivity contribution >= 4 is 0 Å². The number of ether oxygens (including phenoxy) is 2. The topological polar surface area (TPSA) is 18.5 Å². The highest BCUT2D eigenvalue weighted by atomic mass is 19.4. The summed E-state index contributed by atoms with van der Waals surface area (Å²) >= 11 is 0. The van der Waals surface area contributed by atoms with Crippen LogP contribution >= 0.6 is 0 Å². The first-order valence-electron chi connectivity index (χ1n) is 18.0. The molecule has 2 nitrogen and oxygen atoms in total. The Balaban J connectivity index is 0.000000333. The highest BCUT2D eigenvalue weighted by Gasteiger charge is 2.33. The largest absolute Gasteiger partial charge is 0.573 e. The number of alkyl halides is 6. The van der Waals surface area contributed by atoms with Gasteiger partial charge in [0, 0.05) is 0 Å². The van der Waals surface area contributed by atoms with Gasteiger partial charge in [-0.3, -0.25) is 0 Å². The molecule has 3 rings (SSSR count). The average molecular weight is 687 g/mol. The molecule has 8 heteroatoms. The van der Waals surface area contributed by atoms with E-state index in [2.05, 4.69) is 57.3 Å². The molecule has 3 unspecified atom stereocenters. The summed E-state index contributed by atoms with van der Waals surface area (Å²) in [4.78, 5) is 0. The molecule has 0 spiro atoms. The second kappa shape index (κ2) is 19.7. The lowest BCUT2D eigenvalue weighted by Crippen LogP contribution is -2.24. The fourth-order valence-electron chi connectivity index (χ4n) is 7.03. The molecule has 2 fully saturated rings. The van der Waals surface area contributed by atoms with Crippen molar-refractivity contribution in [3.63, 3.8) is 0 Å². The van der Waals surface area contributed by atoms with Crippen molar-refractivity contribution in [1.82, 2.24) is 0 Å². The number of rotatable bonds is 14. The molecule has 0 N–H and O–H groups in total. The van der Waals surface area contributed by atoms with E-state index in [1.54, 1.807) is 18.2 Å². The summed E-state index contributed by atoms with van der Waals surface area (Å²) in [6, 6.07) is 6.48. The molecule has 0 bridgehead atoms. The molecule has 0 amide bonds. The van der Waals surface area contributed by atoms with E-state index >= 15 is 0 Å². The molecule has 2 aliphatic rings. The van der Waals surface area contributed by atoms with E-state index in [0.717, 1.165) is 60.5 Å². The van der Waals surface area contributed by atoms with Gasteiger partial charge in [0.1, 0.15) is 11.5 Å². The van der Waals surface area contributed by atoms with E-state index in [1.807, 2.05) is 6.92 Å². The van der Waals surface area contributed by atoms with Crippen molar-refractivity contribution in [3.05, 3.63) is 66.5 Å². The number of allylic oxidation sites excluding steroid dienone is 3. The molecule has 3 atom stereocenters. The summed E-state index contributed by atoms with van der Waals surface area (Å²) in [5, 5.41) is 0. The fraction of sp³-hybridized carbons (Fsp3) is 0.700. The highest BCUT2D eigenvalue weighted by molar-refractivity contribution is 5.30. The second-order valence-corrected chi connectivity index (χ2v) is 15.1. The van der Waals surface area contributed by atoms with Gasteiger partial charge in [-0.15, -0.1) is 26.3 Å². The van der Waals surface area contributed by atoms with E-state index in [1.165, 1.54) is 69.6 Å². The van der Waals surface area contributed by atoms with Crippen LogP contribution in [-0.2, 0) is 4.74 Å². The molecular formula is C40H60F6O2. The van der Waals surface area contributed by atoms with Crippen LogP contribution in [0.3, 0.4) is 0 Å². The monoisotopic (exact) mass is 686 g/mol. The minimum Gasteiger partial charge on any atom is -0.406 e. The van der Waals surface area contributed by atoms with Crippen LogP contribution in [0.15, 0.2) is 60.9 Å². The molecule has 274 valence electrons. The van der Waals surface area contributed by atoms with Gasteiger partial charge in [-0.2, -0.15) is 0 Å². The minimum absolute atomic E-state index is 0.128. The predicted molar refractivity (Wildman–Crippen MR) is 184 cm³/mol. The van der Waals surface area contributed by atoms with Crippen LogP contribution in [0.4, 0.5) is 26.3 Å². The highest BCUT2D eigenvalue weighted by Crippen LogP contribution is 2.44. The van der Waals surface area contributed by atoms with Gasteiger partial charge in [-0.1, -0.05) is 104 Å². The quantitative estimate of drug-likeness (QED) is 0.110. The minimum atomic E-state index is -4.70. The maximum atomic E-state index is 12.2. The van der Waals surface area contributed by atoms with Gasteiger partial charge in [-0.25, -0.2) is 0 Å². The average Bonchev–Trinajstić information content (AvgIpc) is 3.00. The fourth-order valence-corrected chi connectivity index (χ4v) is 7.03. The normalized spacial score (nSPS) is 23.9. The molecule has 2 aliphatic carbocycles. The Bertz CT molecular complexity index is 1100. The molecule has 0 radical (unpaired) electrons. The Morgan fingerprint density at radius 1 is 0.708 bits per heavy atom. The first-order valence-corrected chi connectivity index (χ1v) is 18.0. The number of halogens is 6. The number of hydrogen-bond acceptors (Lipinski definition) is 2. The van der Waals surface area contributed by atoms with Gasteiger partial charge in [0.2, 0.25) is 0 Å².